The quantitative estimate of drug-likeness (QED) is 0.821. The SMILES string of the molecule is CCCN(CC1CC1)c1cc(C(=O)O)ccn1. The van der Waals surface area contributed by atoms with Crippen LogP contribution in [0, 0.1) is 5.92 Å². The molecule has 0 unspecified atom stereocenters. The van der Waals surface area contributed by atoms with Crippen LogP contribution < -0.4 is 4.90 Å². The van der Waals surface area contributed by atoms with E-state index in [0.717, 1.165) is 31.2 Å². The second-order valence-corrected chi connectivity index (χ2v) is 4.60. The van der Waals surface area contributed by atoms with Crippen LogP contribution in [0.15, 0.2) is 18.3 Å². The van der Waals surface area contributed by atoms with E-state index in [9.17, 15) is 4.79 Å². The normalized spacial score (nSPS) is 14.6. The summed E-state index contributed by atoms with van der Waals surface area (Å²) in [5.74, 6) is 0.673. The average Bonchev–Trinajstić information content (AvgIpc) is 3.12. The lowest BCUT2D eigenvalue weighted by Crippen LogP contribution is -2.27. The summed E-state index contributed by atoms with van der Waals surface area (Å²) >= 11 is 0. The number of aromatic carboxylic acids is 1. The van der Waals surface area contributed by atoms with Crippen molar-refractivity contribution in [3.05, 3.63) is 23.9 Å². The Kier molecular flexibility index (Phi) is 3.61. The second-order valence-electron chi connectivity index (χ2n) is 4.60. The average molecular weight is 234 g/mol. The minimum Gasteiger partial charge on any atom is -0.478 e. The van der Waals surface area contributed by atoms with Gasteiger partial charge in [0.1, 0.15) is 5.82 Å². The molecule has 0 amide bonds. The maximum Gasteiger partial charge on any atom is 0.335 e. The number of carbonyl (C=O) groups is 1. The highest BCUT2D eigenvalue weighted by Gasteiger charge is 2.24. The second kappa shape index (κ2) is 5.17. The zero-order chi connectivity index (χ0) is 12.3. The number of carboxylic acid groups (broad SMARTS) is 1. The van der Waals surface area contributed by atoms with Crippen molar-refractivity contribution in [2.45, 2.75) is 26.2 Å². The van der Waals surface area contributed by atoms with E-state index < -0.39 is 5.97 Å². The summed E-state index contributed by atoms with van der Waals surface area (Å²) < 4.78 is 0. The van der Waals surface area contributed by atoms with Crippen LogP contribution in [0.25, 0.3) is 0 Å². The third-order valence-corrected chi connectivity index (χ3v) is 2.99. The van der Waals surface area contributed by atoms with Gasteiger partial charge in [0.05, 0.1) is 5.56 Å². The summed E-state index contributed by atoms with van der Waals surface area (Å²) in [4.78, 5) is 17.4. The summed E-state index contributed by atoms with van der Waals surface area (Å²) in [7, 11) is 0. The van der Waals surface area contributed by atoms with Gasteiger partial charge >= 0.3 is 5.97 Å². The molecule has 4 heteroatoms. The van der Waals surface area contributed by atoms with Crippen LogP contribution in [0.5, 0.6) is 0 Å². The molecule has 92 valence electrons. The first-order valence-corrected chi connectivity index (χ1v) is 6.15. The van der Waals surface area contributed by atoms with Crippen LogP contribution in [0.4, 0.5) is 5.82 Å². The van der Waals surface area contributed by atoms with Crippen LogP contribution in [-0.2, 0) is 0 Å². The minimum atomic E-state index is -0.892. The summed E-state index contributed by atoms with van der Waals surface area (Å²) in [6, 6.07) is 3.20. The van der Waals surface area contributed by atoms with Crippen LogP contribution >= 0.6 is 0 Å². The van der Waals surface area contributed by atoms with Gasteiger partial charge in [-0.1, -0.05) is 6.92 Å². The summed E-state index contributed by atoms with van der Waals surface area (Å²) in [6.45, 7) is 4.07. The van der Waals surface area contributed by atoms with Crippen LogP contribution in [0.3, 0.4) is 0 Å². The molecule has 17 heavy (non-hydrogen) atoms. The lowest BCUT2D eigenvalue weighted by Gasteiger charge is -2.23. The van der Waals surface area contributed by atoms with Crippen molar-refractivity contribution in [1.29, 1.82) is 0 Å². The molecule has 0 aromatic carbocycles. The van der Waals surface area contributed by atoms with E-state index in [1.165, 1.54) is 18.9 Å². The Labute approximate surface area is 101 Å². The highest BCUT2D eigenvalue weighted by Crippen LogP contribution is 2.31. The largest absolute Gasteiger partial charge is 0.478 e. The topological polar surface area (TPSA) is 53.4 Å². The first-order chi connectivity index (χ1) is 8.20. The molecular weight excluding hydrogens is 216 g/mol. The molecule has 1 aromatic rings. The number of hydrogen-bond acceptors (Lipinski definition) is 3. The predicted molar refractivity (Wildman–Crippen MR) is 66.4 cm³/mol. The van der Waals surface area contributed by atoms with E-state index in [2.05, 4.69) is 16.8 Å². The van der Waals surface area contributed by atoms with Crippen molar-refractivity contribution in [2.75, 3.05) is 18.0 Å². The molecule has 0 aliphatic heterocycles. The van der Waals surface area contributed by atoms with Gasteiger partial charge in [0, 0.05) is 19.3 Å². The van der Waals surface area contributed by atoms with Gasteiger partial charge in [0.25, 0.3) is 0 Å². The molecule has 1 heterocycles. The number of hydrogen-bond donors (Lipinski definition) is 1. The molecule has 1 N–H and O–H groups in total. The number of pyridine rings is 1. The summed E-state index contributed by atoms with van der Waals surface area (Å²) in [5.41, 5.74) is 0.312. The number of nitrogens with zero attached hydrogens (tertiary/aromatic N) is 2. The maximum absolute atomic E-state index is 10.9. The van der Waals surface area contributed by atoms with Gasteiger partial charge in [0.15, 0.2) is 0 Å². The lowest BCUT2D eigenvalue weighted by molar-refractivity contribution is 0.0697. The molecule has 0 saturated heterocycles. The zero-order valence-corrected chi connectivity index (χ0v) is 10.1. The van der Waals surface area contributed by atoms with Gasteiger partial charge in [-0.3, -0.25) is 0 Å². The number of rotatable bonds is 6. The van der Waals surface area contributed by atoms with Crippen LogP contribution in [-0.4, -0.2) is 29.1 Å². The van der Waals surface area contributed by atoms with Gasteiger partial charge in [-0.2, -0.15) is 0 Å². The van der Waals surface area contributed by atoms with Crippen LogP contribution in [0.2, 0.25) is 0 Å². The molecule has 1 fully saturated rings. The van der Waals surface area contributed by atoms with Crippen molar-refractivity contribution < 1.29 is 9.90 Å². The smallest absolute Gasteiger partial charge is 0.335 e. The molecule has 4 nitrogen and oxygen atoms in total. The van der Waals surface area contributed by atoms with E-state index in [0.29, 0.717) is 5.56 Å². The van der Waals surface area contributed by atoms with Gasteiger partial charge in [-0.05, 0) is 37.3 Å². The van der Waals surface area contributed by atoms with Crippen molar-refractivity contribution in [3.8, 4) is 0 Å². The third-order valence-electron chi connectivity index (χ3n) is 2.99. The molecule has 1 aliphatic rings. The molecule has 0 bridgehead atoms. The van der Waals surface area contributed by atoms with E-state index in [-0.39, 0.29) is 0 Å². The lowest BCUT2D eigenvalue weighted by atomic mass is 10.2. The summed E-state index contributed by atoms with van der Waals surface area (Å²) in [6.07, 6.45) is 5.21. The van der Waals surface area contributed by atoms with Crippen LogP contribution in [0.1, 0.15) is 36.5 Å². The van der Waals surface area contributed by atoms with Gasteiger partial charge in [-0.15, -0.1) is 0 Å². The summed E-state index contributed by atoms with van der Waals surface area (Å²) in [5, 5.41) is 8.97. The molecular formula is C13H18N2O2. The Morgan fingerprint density at radius 2 is 2.35 bits per heavy atom. The Bertz CT molecular complexity index is 402. The number of aromatic nitrogens is 1. The van der Waals surface area contributed by atoms with Crippen molar-refractivity contribution in [3.63, 3.8) is 0 Å². The fourth-order valence-corrected chi connectivity index (χ4v) is 1.91. The van der Waals surface area contributed by atoms with E-state index in [1.54, 1.807) is 12.3 Å². The Balaban J connectivity index is 2.15. The highest BCUT2D eigenvalue weighted by atomic mass is 16.4. The van der Waals surface area contributed by atoms with E-state index in [1.807, 2.05) is 0 Å². The first kappa shape index (κ1) is 11.9. The van der Waals surface area contributed by atoms with Gasteiger partial charge in [-0.25, -0.2) is 9.78 Å². The van der Waals surface area contributed by atoms with Gasteiger partial charge < -0.3 is 10.0 Å². The van der Waals surface area contributed by atoms with Crippen molar-refractivity contribution in [1.82, 2.24) is 4.98 Å². The third kappa shape index (κ3) is 3.19. The fourth-order valence-electron chi connectivity index (χ4n) is 1.91. The molecule has 1 aromatic heterocycles. The molecule has 0 atom stereocenters. The zero-order valence-electron chi connectivity index (χ0n) is 10.1. The number of anilines is 1. The molecule has 0 spiro atoms. The van der Waals surface area contributed by atoms with Gasteiger partial charge in [0.2, 0.25) is 0 Å². The van der Waals surface area contributed by atoms with E-state index >= 15 is 0 Å². The predicted octanol–water partition coefficient (Wildman–Crippen LogP) is 2.41. The first-order valence-electron chi connectivity index (χ1n) is 6.15. The monoisotopic (exact) mass is 234 g/mol. The fraction of sp³-hybridized carbons (Fsp3) is 0.538. The maximum atomic E-state index is 10.9. The Hall–Kier alpha value is -1.58. The molecule has 0 radical (unpaired) electrons. The molecule has 2 rings (SSSR count). The minimum absolute atomic E-state index is 0.312. The standard InChI is InChI=1S/C13H18N2O2/c1-2-7-15(9-10-3-4-10)12-8-11(13(16)17)5-6-14-12/h5-6,8,10H,2-4,7,9H2,1H3,(H,16,17). The van der Waals surface area contributed by atoms with Crippen molar-refractivity contribution >= 4 is 11.8 Å². The highest BCUT2D eigenvalue weighted by molar-refractivity contribution is 5.88. The van der Waals surface area contributed by atoms with E-state index in [4.69, 9.17) is 5.11 Å². The molecule has 1 aliphatic carbocycles. The Morgan fingerprint density at radius 3 is 2.94 bits per heavy atom. The number of carboxylic acids is 1. The van der Waals surface area contributed by atoms with Crippen molar-refractivity contribution in [2.24, 2.45) is 5.92 Å². The Morgan fingerprint density at radius 1 is 1.59 bits per heavy atom. The molecule has 1 saturated carbocycles.